The highest BCUT2D eigenvalue weighted by molar-refractivity contribution is 8.23. The van der Waals surface area contributed by atoms with Crippen molar-refractivity contribution < 1.29 is 43.2 Å². The molecule has 2 N–H and O–H groups in total. The largest absolute Gasteiger partial charge is 0.508 e. The van der Waals surface area contributed by atoms with E-state index in [0.29, 0.717) is 15.4 Å². The number of hydrogen-bond donors (Lipinski definition) is 1. The Labute approximate surface area is 245 Å². The Kier molecular flexibility index (Phi) is 9.31. The summed E-state index contributed by atoms with van der Waals surface area (Å²) in [4.78, 5) is 71.5. The average Bonchev–Trinajstić information content (AvgIpc) is 3.28. The summed E-state index contributed by atoms with van der Waals surface area (Å²) >= 11 is 2.09. The molecule has 1 fully saturated rings. The second-order valence-electron chi connectivity index (χ2n) is 8.92. The Morgan fingerprint density at radius 3 is 2.00 bits per heavy atom. The number of carbonyl (C=O) groups excluding carboxylic acids is 4. The van der Waals surface area contributed by atoms with Crippen molar-refractivity contribution in [2.45, 2.75) is 31.6 Å². The average molecular weight is 619 g/mol. The van der Waals surface area contributed by atoms with Crippen LogP contribution in [0.2, 0.25) is 0 Å². The van der Waals surface area contributed by atoms with Gasteiger partial charge in [-0.2, -0.15) is 0 Å². The number of non-ortho nitro benzene ring substituents is 2. The minimum atomic E-state index is -1.06. The number of primary amides is 1. The van der Waals surface area contributed by atoms with E-state index in [1.807, 2.05) is 0 Å². The molecule has 3 atom stereocenters. The standard InChI is InChI=1S/C25H22N4O11S2/c1-13(40-25(33)39-11-15-4-8-17(9-5-15)29(36)37)19-21(31)27-20(24(42-22(19)27)41-12-18(26)30)23(32)38-10-14-2-6-16(7-3-14)28(34)35/h2-9,13,19,22H,10-12H2,1H3,(H2,26,30)/t13?,19?,22-/m1/s1. The maximum absolute atomic E-state index is 13.1. The zero-order chi connectivity index (χ0) is 30.6. The number of nitro benzene ring substituents is 2. The molecule has 42 heavy (non-hydrogen) atoms. The number of nitrogens with zero attached hydrogens (tertiary/aromatic N) is 3. The Balaban J connectivity index is 1.37. The number of amides is 2. The van der Waals surface area contributed by atoms with Crippen molar-refractivity contribution in [3.63, 3.8) is 0 Å². The fourth-order valence-electron chi connectivity index (χ4n) is 4.01. The molecule has 0 aromatic heterocycles. The first-order valence-corrected chi connectivity index (χ1v) is 13.9. The summed E-state index contributed by atoms with van der Waals surface area (Å²) in [6.07, 6.45) is -2.01. The van der Waals surface area contributed by atoms with Gasteiger partial charge < -0.3 is 19.9 Å². The van der Waals surface area contributed by atoms with Crippen molar-refractivity contribution in [2.24, 2.45) is 11.7 Å². The van der Waals surface area contributed by atoms with Crippen LogP contribution in [0, 0.1) is 26.1 Å². The van der Waals surface area contributed by atoms with E-state index in [1.54, 1.807) is 0 Å². The number of hydrogen-bond acceptors (Lipinski definition) is 13. The molecule has 1 saturated heterocycles. The SMILES string of the molecule is CC(OC(=O)OCc1ccc([N+](=O)[O-])cc1)C1C(=O)N2C(C(=O)OCc3ccc([N+](=O)[O-])cc3)=C(SCC(N)=O)S[C@H]12. The van der Waals surface area contributed by atoms with Gasteiger partial charge in [0, 0.05) is 24.3 Å². The minimum Gasteiger partial charge on any atom is -0.456 e. The molecule has 0 radical (unpaired) electrons. The molecule has 2 heterocycles. The third kappa shape index (κ3) is 6.80. The molecule has 0 bridgehead atoms. The zero-order valence-corrected chi connectivity index (χ0v) is 23.3. The van der Waals surface area contributed by atoms with Gasteiger partial charge >= 0.3 is 12.1 Å². The Morgan fingerprint density at radius 2 is 1.50 bits per heavy atom. The van der Waals surface area contributed by atoms with Crippen molar-refractivity contribution >= 4 is 58.8 Å². The van der Waals surface area contributed by atoms with E-state index in [4.69, 9.17) is 19.9 Å². The van der Waals surface area contributed by atoms with Crippen LogP contribution >= 0.6 is 23.5 Å². The number of nitrogens with two attached hydrogens (primary N) is 1. The second kappa shape index (κ2) is 12.9. The fourth-order valence-corrected chi connectivity index (χ4v) is 6.66. The van der Waals surface area contributed by atoms with Gasteiger partial charge in [0.05, 0.1) is 19.8 Å². The molecular formula is C25H22N4O11S2. The van der Waals surface area contributed by atoms with Crippen LogP contribution in [0.5, 0.6) is 0 Å². The summed E-state index contributed by atoms with van der Waals surface area (Å²) in [5.41, 5.74) is 5.90. The molecular weight excluding hydrogens is 596 g/mol. The summed E-state index contributed by atoms with van der Waals surface area (Å²) in [6.45, 7) is 1.05. The Hall–Kier alpha value is -4.64. The molecule has 2 amide bonds. The molecule has 17 heteroatoms. The van der Waals surface area contributed by atoms with Gasteiger partial charge in [0.1, 0.15) is 30.6 Å². The normalized spacial score (nSPS) is 18.0. The number of carbonyl (C=O) groups is 4. The van der Waals surface area contributed by atoms with Gasteiger partial charge in [-0.1, -0.05) is 11.8 Å². The van der Waals surface area contributed by atoms with Gasteiger partial charge in [-0.3, -0.25) is 34.7 Å². The van der Waals surface area contributed by atoms with Crippen molar-refractivity contribution in [1.29, 1.82) is 0 Å². The highest BCUT2D eigenvalue weighted by Gasteiger charge is 2.59. The smallest absolute Gasteiger partial charge is 0.456 e. The molecule has 2 aliphatic heterocycles. The minimum absolute atomic E-state index is 0.0765. The Morgan fingerprint density at radius 1 is 0.976 bits per heavy atom. The maximum atomic E-state index is 13.1. The van der Waals surface area contributed by atoms with Crippen LogP contribution in [-0.4, -0.2) is 55.9 Å². The number of nitro groups is 2. The van der Waals surface area contributed by atoms with Gasteiger partial charge in [0.15, 0.2) is 5.70 Å². The van der Waals surface area contributed by atoms with E-state index in [1.165, 1.54) is 60.4 Å². The van der Waals surface area contributed by atoms with Crippen LogP contribution in [0.15, 0.2) is 58.5 Å². The lowest BCUT2D eigenvalue weighted by molar-refractivity contribution is -0.385. The third-order valence-electron chi connectivity index (χ3n) is 6.09. The number of esters is 1. The van der Waals surface area contributed by atoms with Gasteiger partial charge in [0.2, 0.25) is 11.8 Å². The molecule has 2 aromatic rings. The summed E-state index contributed by atoms with van der Waals surface area (Å²) in [6, 6.07) is 10.8. The quantitative estimate of drug-likeness (QED) is 0.157. The first-order chi connectivity index (χ1) is 20.0. The molecule has 4 rings (SSSR count). The summed E-state index contributed by atoms with van der Waals surface area (Å²) in [7, 11) is 0. The van der Waals surface area contributed by atoms with E-state index in [-0.39, 0.29) is 36.0 Å². The van der Waals surface area contributed by atoms with Crippen LogP contribution < -0.4 is 5.73 Å². The van der Waals surface area contributed by atoms with E-state index < -0.39 is 51.2 Å². The first kappa shape index (κ1) is 30.3. The number of rotatable bonds is 12. The van der Waals surface area contributed by atoms with Crippen LogP contribution in [0.3, 0.4) is 0 Å². The third-order valence-corrected chi connectivity index (χ3v) is 8.77. The second-order valence-corrected chi connectivity index (χ2v) is 11.3. The van der Waals surface area contributed by atoms with Crippen molar-refractivity contribution in [2.75, 3.05) is 5.75 Å². The molecule has 2 unspecified atom stereocenters. The lowest BCUT2D eigenvalue weighted by atomic mass is 9.92. The summed E-state index contributed by atoms with van der Waals surface area (Å²) in [5.74, 6) is -3.01. The van der Waals surface area contributed by atoms with E-state index in [2.05, 4.69) is 0 Å². The van der Waals surface area contributed by atoms with Crippen LogP contribution in [0.25, 0.3) is 0 Å². The molecule has 15 nitrogen and oxygen atoms in total. The number of ether oxygens (including phenoxy) is 3. The van der Waals surface area contributed by atoms with Crippen molar-refractivity contribution in [3.8, 4) is 0 Å². The highest BCUT2D eigenvalue weighted by atomic mass is 32.2. The predicted octanol–water partition coefficient (Wildman–Crippen LogP) is 3.21. The number of thioether (sulfide) groups is 2. The summed E-state index contributed by atoms with van der Waals surface area (Å²) in [5, 5.41) is 21.0. The fraction of sp³-hybridized carbons (Fsp3) is 0.280. The van der Waals surface area contributed by atoms with Gasteiger partial charge in [0.25, 0.3) is 11.4 Å². The van der Waals surface area contributed by atoms with Crippen molar-refractivity contribution in [1.82, 2.24) is 4.90 Å². The van der Waals surface area contributed by atoms with Crippen LogP contribution in [0.1, 0.15) is 18.1 Å². The first-order valence-electron chi connectivity index (χ1n) is 12.1. The zero-order valence-electron chi connectivity index (χ0n) is 21.7. The Bertz CT molecular complexity index is 1460. The summed E-state index contributed by atoms with van der Waals surface area (Å²) < 4.78 is 16.0. The monoisotopic (exact) mass is 618 g/mol. The molecule has 220 valence electrons. The molecule has 0 spiro atoms. The lowest BCUT2D eigenvalue weighted by Gasteiger charge is -2.44. The van der Waals surface area contributed by atoms with Gasteiger partial charge in [-0.25, -0.2) is 9.59 Å². The molecule has 2 aromatic carbocycles. The molecule has 0 aliphatic carbocycles. The molecule has 2 aliphatic rings. The van der Waals surface area contributed by atoms with Crippen LogP contribution in [-0.2, 0) is 41.8 Å². The van der Waals surface area contributed by atoms with E-state index >= 15 is 0 Å². The van der Waals surface area contributed by atoms with E-state index in [9.17, 15) is 39.4 Å². The van der Waals surface area contributed by atoms with E-state index in [0.717, 1.165) is 23.5 Å². The molecule has 0 saturated carbocycles. The number of benzene rings is 2. The van der Waals surface area contributed by atoms with Gasteiger partial charge in [-0.05, 0) is 42.3 Å². The predicted molar refractivity (Wildman–Crippen MR) is 147 cm³/mol. The lowest BCUT2D eigenvalue weighted by Crippen LogP contribution is -2.61. The maximum Gasteiger partial charge on any atom is 0.508 e. The van der Waals surface area contributed by atoms with Gasteiger partial charge in [-0.15, -0.1) is 11.8 Å². The number of fused-ring (bicyclic) bond motifs is 1. The number of β-lactam (4-membered cyclic amide) rings is 1. The topological polar surface area (TPSA) is 212 Å². The highest BCUT2D eigenvalue weighted by Crippen LogP contribution is 2.54. The van der Waals surface area contributed by atoms with Crippen molar-refractivity contribution in [3.05, 3.63) is 89.8 Å². The van der Waals surface area contributed by atoms with Crippen LogP contribution in [0.4, 0.5) is 16.2 Å².